The summed E-state index contributed by atoms with van der Waals surface area (Å²) < 4.78 is 67.9. The Morgan fingerprint density at radius 1 is 0.182 bits per heavy atom. The molecule has 0 aromatic heterocycles. The van der Waals surface area contributed by atoms with Crippen molar-refractivity contribution < 1.29 is 149 Å². The first kappa shape index (κ1) is 52.6. The van der Waals surface area contributed by atoms with Crippen molar-refractivity contribution in [2.24, 2.45) is 0 Å². The van der Waals surface area contributed by atoms with Crippen LogP contribution in [0.4, 0.5) is 0 Å². The first-order valence-corrected chi connectivity index (χ1v) is 21.1. The third kappa shape index (κ3) is 10.0. The van der Waals surface area contributed by atoms with Gasteiger partial charge in [0.25, 0.3) is 0 Å². The average Bonchev–Trinajstić information content (AvgIpc) is 3.31. The second-order valence-corrected chi connectivity index (χ2v) is 16.8. The molecule has 22 aliphatic rings. The molecule has 30 atom stereocenters. The molecule has 22 aliphatic heterocycles. The van der Waals surface area contributed by atoms with Crippen molar-refractivity contribution in [1.29, 1.82) is 0 Å². The number of aliphatic hydroxyl groups excluding tert-OH is 18. The van der Waals surface area contributed by atoms with Gasteiger partial charge in [0.05, 0.1) is 39.6 Å². The Balaban J connectivity index is 1.19. The molecule has 22 saturated heterocycles. The van der Waals surface area contributed by atoms with E-state index < -0.39 is 224 Å². The zero-order valence-corrected chi connectivity index (χ0v) is 34.5. The van der Waals surface area contributed by atoms with Gasteiger partial charge in [-0.25, -0.2) is 0 Å². The second kappa shape index (κ2) is 22.1. The summed E-state index contributed by atoms with van der Waals surface area (Å²) in [5.41, 5.74) is 0. The molecule has 18 N–H and O–H groups in total. The first-order valence-electron chi connectivity index (χ1n) is 21.1. The lowest BCUT2D eigenvalue weighted by atomic mass is 9.94. The van der Waals surface area contributed by atoms with Crippen LogP contribution in [0.5, 0.6) is 0 Å². The maximum absolute atomic E-state index is 11.2. The number of ether oxygens (including phenoxy) is 12. The van der Waals surface area contributed by atoms with Crippen LogP contribution in [0.3, 0.4) is 0 Å². The van der Waals surface area contributed by atoms with Crippen molar-refractivity contribution in [3.8, 4) is 0 Å². The highest BCUT2D eigenvalue weighted by Crippen LogP contribution is 2.38. The summed E-state index contributed by atoms with van der Waals surface area (Å²) in [5, 5.41) is 196. The highest BCUT2D eigenvalue weighted by Gasteiger charge is 2.58. The van der Waals surface area contributed by atoms with Crippen molar-refractivity contribution in [2.75, 3.05) is 39.6 Å². The van der Waals surface area contributed by atoms with Crippen LogP contribution in [0.25, 0.3) is 0 Å². The summed E-state index contributed by atoms with van der Waals surface area (Å²) >= 11 is 0. The van der Waals surface area contributed by atoms with Crippen molar-refractivity contribution in [3.05, 3.63) is 0 Å². The van der Waals surface area contributed by atoms with Gasteiger partial charge in [-0.05, 0) is 0 Å². The molecule has 30 heteroatoms. The van der Waals surface area contributed by atoms with Crippen molar-refractivity contribution in [3.63, 3.8) is 0 Å². The quantitative estimate of drug-likeness (QED) is 0.117. The minimum atomic E-state index is -2.15. The molecule has 22 rings (SSSR count). The van der Waals surface area contributed by atoms with Crippen LogP contribution in [0.2, 0.25) is 0 Å². The predicted octanol–water partition coefficient (Wildman–Crippen LogP) is -13.1. The largest absolute Gasteiger partial charge is 0.394 e. The Morgan fingerprint density at radius 3 is 0.409 bits per heavy atom. The van der Waals surface area contributed by atoms with Gasteiger partial charge in [-0.2, -0.15) is 0 Å². The van der Waals surface area contributed by atoms with E-state index in [4.69, 9.17) is 56.8 Å². The van der Waals surface area contributed by atoms with Crippen LogP contribution in [0, 0.1) is 0 Å². The fourth-order valence-electron chi connectivity index (χ4n) is 8.93. The molecule has 0 aromatic carbocycles. The SMILES string of the molecule is OC[C@@H]1O[C@@H]2O[C@H]3[C@@H](O)[C@H](O)[C@@H](O[C@@H]4[C@H](O)[C@H](O)[C@@H](O[C@H]5[C@@H](O)[C@H](O)[C@@H](O[C@H]6[C@@H](O)[C@H](O)[C@@H](O[C@H]7[C@@H](O)[C@@H](O)[C@@H](O[C@H]1[C@H](O)[C@@H]2O)O[C@@H]7CO)O[C@H]6CO)O[C@H]5CO)O[C@@H]4CO)O[C@H]3CO. The molecule has 384 valence electrons. The molecule has 0 aliphatic carbocycles. The van der Waals surface area contributed by atoms with Crippen molar-refractivity contribution in [2.45, 2.75) is 184 Å². The van der Waals surface area contributed by atoms with E-state index in [0.29, 0.717) is 0 Å². The number of rotatable bonds is 6. The van der Waals surface area contributed by atoms with E-state index in [1.807, 2.05) is 0 Å². The fourth-order valence-corrected chi connectivity index (χ4v) is 8.93. The minimum absolute atomic E-state index is 0.999. The third-order valence-corrected chi connectivity index (χ3v) is 12.7. The molecule has 0 aromatic rings. The molecule has 0 spiro atoms. The monoisotopic (exact) mass is 972 g/mol. The predicted molar refractivity (Wildman–Crippen MR) is 196 cm³/mol. The topological polar surface area (TPSA) is 475 Å². The van der Waals surface area contributed by atoms with Crippen LogP contribution in [-0.2, 0) is 56.8 Å². The summed E-state index contributed by atoms with van der Waals surface area (Å²) in [5.74, 6) is 0. The molecule has 0 unspecified atom stereocenters. The standard InChI is InChI=1S/C36H60O30/c37-1-7-25-13(43)19(49)31(55-7)62-26-8(2-38)57-33(21(51)15(26)45)64-28-10(4-40)59-35(23(53)17(28)47)66-30-12(6-42)60-36(24(54)18(30)48)65-29-11(5-41)58-34(22(52)16(29)46)63-27-9(3-39)56-32(61-25)20(50)14(27)44/h7-54H,1-6H2/t7-,8-,9+,10+,11-,12-,13-,14+,15-,16-,17-,18+,19-,20-,21-,22-,23+,24-,25+,26+,27-,28+,29+,30+,31+,32+,33+,34+,35+,36+/m0/s1. The minimum Gasteiger partial charge on any atom is -0.394 e. The van der Waals surface area contributed by atoms with Crippen LogP contribution in [-0.4, -0.2) is 316 Å². The molecule has 0 saturated carbocycles. The smallest absolute Gasteiger partial charge is 0.187 e. The van der Waals surface area contributed by atoms with E-state index >= 15 is 0 Å². The maximum Gasteiger partial charge on any atom is 0.187 e. The molecule has 22 heterocycles. The Bertz CT molecular complexity index is 1230. The normalized spacial score (nSPS) is 55.4. The number of hydrogen-bond donors (Lipinski definition) is 18. The second-order valence-electron chi connectivity index (χ2n) is 16.8. The molecule has 0 amide bonds. The Hall–Kier alpha value is -1.20. The van der Waals surface area contributed by atoms with Crippen LogP contribution < -0.4 is 0 Å². The van der Waals surface area contributed by atoms with E-state index in [1.54, 1.807) is 0 Å². The van der Waals surface area contributed by atoms with E-state index in [0.717, 1.165) is 0 Å². The summed E-state index contributed by atoms with van der Waals surface area (Å²) in [7, 11) is 0. The summed E-state index contributed by atoms with van der Waals surface area (Å²) in [4.78, 5) is 0. The Kier molecular flexibility index (Phi) is 17.6. The summed E-state index contributed by atoms with van der Waals surface area (Å²) in [6, 6.07) is 0. The Labute approximate surface area is 372 Å². The third-order valence-electron chi connectivity index (χ3n) is 12.7. The van der Waals surface area contributed by atoms with Gasteiger partial charge in [0.15, 0.2) is 37.7 Å². The van der Waals surface area contributed by atoms with E-state index in [9.17, 15) is 91.9 Å². The van der Waals surface area contributed by atoms with Crippen LogP contribution in [0.1, 0.15) is 0 Å². The highest BCUT2D eigenvalue weighted by atomic mass is 16.8. The molecular formula is C36H60O30. The lowest BCUT2D eigenvalue weighted by Crippen LogP contribution is -2.69. The van der Waals surface area contributed by atoms with Crippen LogP contribution in [0.15, 0.2) is 0 Å². The number of hydrogen-bond acceptors (Lipinski definition) is 30. The van der Waals surface area contributed by atoms with Gasteiger partial charge in [-0.15, -0.1) is 0 Å². The Morgan fingerprint density at radius 2 is 0.303 bits per heavy atom. The van der Waals surface area contributed by atoms with Gasteiger partial charge in [0, 0.05) is 0 Å². The summed E-state index contributed by atoms with van der Waals surface area (Å²) in [6.45, 7) is -5.99. The lowest BCUT2D eigenvalue weighted by Gasteiger charge is -2.50. The molecule has 22 fully saturated rings. The maximum atomic E-state index is 11.2. The van der Waals surface area contributed by atoms with E-state index in [-0.39, 0.29) is 0 Å². The highest BCUT2D eigenvalue weighted by molar-refractivity contribution is 5.01. The lowest BCUT2D eigenvalue weighted by molar-refractivity contribution is -0.404. The van der Waals surface area contributed by atoms with Crippen LogP contribution >= 0.6 is 0 Å². The molecule has 30 nitrogen and oxygen atoms in total. The van der Waals surface area contributed by atoms with Gasteiger partial charge >= 0.3 is 0 Å². The average molecular weight is 973 g/mol. The molecule has 12 bridgehead atoms. The van der Waals surface area contributed by atoms with Gasteiger partial charge in [-0.3, -0.25) is 0 Å². The van der Waals surface area contributed by atoms with E-state index in [2.05, 4.69) is 0 Å². The molecule has 66 heavy (non-hydrogen) atoms. The van der Waals surface area contributed by atoms with Crippen molar-refractivity contribution >= 4 is 0 Å². The van der Waals surface area contributed by atoms with Gasteiger partial charge < -0.3 is 149 Å². The zero-order chi connectivity index (χ0) is 48.0. The zero-order valence-electron chi connectivity index (χ0n) is 34.5. The van der Waals surface area contributed by atoms with Gasteiger partial charge in [-0.1, -0.05) is 0 Å². The van der Waals surface area contributed by atoms with E-state index in [1.165, 1.54) is 0 Å². The molecule has 0 radical (unpaired) electrons. The molecular weight excluding hydrogens is 912 g/mol. The van der Waals surface area contributed by atoms with Crippen molar-refractivity contribution in [1.82, 2.24) is 0 Å². The van der Waals surface area contributed by atoms with Gasteiger partial charge in [0.2, 0.25) is 0 Å². The fraction of sp³-hybridized carbons (Fsp3) is 1.00. The summed E-state index contributed by atoms with van der Waals surface area (Å²) in [6.07, 6.45) is -58.5. The first-order chi connectivity index (χ1) is 31.4. The van der Waals surface area contributed by atoms with Gasteiger partial charge in [0.1, 0.15) is 146 Å². The number of aliphatic hydroxyl groups is 18.